The monoisotopic (exact) mass is 363 g/mol. The number of unbranched alkanes of at least 4 members (excludes halogenated alkanes) is 2. The number of nitrogens with one attached hydrogen (secondary N) is 1. The maximum atomic E-state index is 11.8. The molecule has 0 aliphatic heterocycles. The van der Waals surface area contributed by atoms with Gasteiger partial charge in [-0.25, -0.2) is 4.68 Å². The summed E-state index contributed by atoms with van der Waals surface area (Å²) in [5.74, 6) is -0.165. The molecule has 1 amide bonds. The molecular formula is C12H18IN3O2. The van der Waals surface area contributed by atoms with E-state index in [1.165, 1.54) is 10.7 Å². The number of hydrogen-bond acceptors (Lipinski definition) is 3. The summed E-state index contributed by atoms with van der Waals surface area (Å²) in [6.45, 7) is 4.44. The molecule has 1 N–H and O–H groups in total. The molecule has 1 heterocycles. The molecule has 0 aromatic carbocycles. The van der Waals surface area contributed by atoms with Crippen molar-refractivity contribution in [3.63, 3.8) is 0 Å². The SMILES string of the molecule is CCCCCNC(=O)C(C)n1ncc(I)cc1=O. The number of amides is 1. The number of carbonyl (C=O) groups is 1. The molecule has 1 atom stereocenters. The van der Waals surface area contributed by atoms with E-state index in [-0.39, 0.29) is 11.5 Å². The normalized spacial score (nSPS) is 12.2. The van der Waals surface area contributed by atoms with E-state index in [1.807, 2.05) is 22.6 Å². The van der Waals surface area contributed by atoms with Gasteiger partial charge in [0, 0.05) is 16.2 Å². The lowest BCUT2D eigenvalue weighted by atomic mass is 10.2. The molecule has 0 aliphatic carbocycles. The minimum Gasteiger partial charge on any atom is -0.354 e. The van der Waals surface area contributed by atoms with Crippen LogP contribution in [0.1, 0.15) is 39.2 Å². The number of halogens is 1. The van der Waals surface area contributed by atoms with Gasteiger partial charge in [-0.15, -0.1) is 0 Å². The van der Waals surface area contributed by atoms with Crippen molar-refractivity contribution in [2.45, 2.75) is 39.2 Å². The van der Waals surface area contributed by atoms with Crippen molar-refractivity contribution in [1.82, 2.24) is 15.1 Å². The molecule has 18 heavy (non-hydrogen) atoms. The first-order valence-electron chi connectivity index (χ1n) is 6.08. The molecule has 1 aromatic rings. The van der Waals surface area contributed by atoms with Crippen LogP contribution in [0.3, 0.4) is 0 Å². The van der Waals surface area contributed by atoms with Gasteiger partial charge in [-0.1, -0.05) is 19.8 Å². The maximum absolute atomic E-state index is 11.8. The van der Waals surface area contributed by atoms with E-state index in [1.54, 1.807) is 13.1 Å². The highest BCUT2D eigenvalue weighted by atomic mass is 127. The highest BCUT2D eigenvalue weighted by Gasteiger charge is 2.16. The van der Waals surface area contributed by atoms with Crippen LogP contribution in [0, 0.1) is 3.57 Å². The van der Waals surface area contributed by atoms with Crippen molar-refractivity contribution in [2.24, 2.45) is 0 Å². The predicted octanol–water partition coefficient (Wildman–Crippen LogP) is 1.72. The first-order chi connectivity index (χ1) is 8.56. The Hall–Kier alpha value is -0.920. The number of hydrogen-bond donors (Lipinski definition) is 1. The summed E-state index contributed by atoms with van der Waals surface area (Å²) in [6, 6.07) is 0.894. The minimum absolute atomic E-state index is 0.165. The molecule has 6 heteroatoms. The van der Waals surface area contributed by atoms with Gasteiger partial charge in [0.05, 0.1) is 6.20 Å². The van der Waals surface area contributed by atoms with E-state index < -0.39 is 6.04 Å². The third-order valence-corrected chi connectivity index (χ3v) is 3.21. The summed E-state index contributed by atoms with van der Waals surface area (Å²) >= 11 is 2.02. The third kappa shape index (κ3) is 4.40. The Bertz CT molecular complexity index is 459. The topological polar surface area (TPSA) is 64.0 Å². The quantitative estimate of drug-likeness (QED) is 0.618. The zero-order valence-electron chi connectivity index (χ0n) is 10.6. The van der Waals surface area contributed by atoms with Gasteiger partial charge in [-0.2, -0.15) is 5.10 Å². The first kappa shape index (κ1) is 15.1. The Kier molecular flexibility index (Phi) is 6.31. The van der Waals surface area contributed by atoms with Gasteiger partial charge in [-0.05, 0) is 35.9 Å². The van der Waals surface area contributed by atoms with Crippen molar-refractivity contribution in [3.8, 4) is 0 Å². The van der Waals surface area contributed by atoms with E-state index in [9.17, 15) is 9.59 Å². The molecule has 5 nitrogen and oxygen atoms in total. The van der Waals surface area contributed by atoms with Crippen LogP contribution in [-0.4, -0.2) is 22.2 Å². The van der Waals surface area contributed by atoms with Crippen LogP contribution >= 0.6 is 22.6 Å². The van der Waals surface area contributed by atoms with Crippen LogP contribution in [0.15, 0.2) is 17.1 Å². The standard InChI is InChI=1S/C12H18IN3O2/c1-3-4-5-6-14-12(18)9(2)16-11(17)7-10(13)8-15-16/h7-9H,3-6H2,1-2H3,(H,14,18). The molecule has 0 bridgehead atoms. The van der Waals surface area contributed by atoms with Gasteiger partial charge in [0.1, 0.15) is 6.04 Å². The zero-order valence-corrected chi connectivity index (χ0v) is 12.8. The van der Waals surface area contributed by atoms with Gasteiger partial charge in [0.25, 0.3) is 5.56 Å². The van der Waals surface area contributed by atoms with Gasteiger partial charge < -0.3 is 5.32 Å². The number of aromatic nitrogens is 2. The summed E-state index contributed by atoms with van der Waals surface area (Å²) in [4.78, 5) is 23.5. The fourth-order valence-electron chi connectivity index (χ4n) is 1.53. The molecule has 0 saturated heterocycles. The average Bonchev–Trinajstić information content (AvgIpc) is 2.33. The lowest BCUT2D eigenvalue weighted by Gasteiger charge is -2.13. The molecule has 1 unspecified atom stereocenters. The molecule has 0 fully saturated rings. The minimum atomic E-state index is -0.573. The van der Waals surface area contributed by atoms with Gasteiger partial charge in [0.15, 0.2) is 0 Å². The number of carbonyl (C=O) groups excluding carboxylic acids is 1. The van der Waals surface area contributed by atoms with Crippen LogP contribution in [0.4, 0.5) is 0 Å². The maximum Gasteiger partial charge on any atom is 0.268 e. The summed E-state index contributed by atoms with van der Waals surface area (Å²) < 4.78 is 1.97. The van der Waals surface area contributed by atoms with E-state index in [2.05, 4.69) is 17.3 Å². The summed E-state index contributed by atoms with van der Waals surface area (Å²) in [6.07, 6.45) is 4.74. The zero-order chi connectivity index (χ0) is 13.5. The second kappa shape index (κ2) is 7.50. The Morgan fingerprint density at radius 1 is 1.56 bits per heavy atom. The lowest BCUT2D eigenvalue weighted by Crippen LogP contribution is -2.37. The van der Waals surface area contributed by atoms with Crippen molar-refractivity contribution < 1.29 is 4.79 Å². The Labute approximate surface area is 120 Å². The van der Waals surface area contributed by atoms with Crippen LogP contribution in [0.25, 0.3) is 0 Å². The van der Waals surface area contributed by atoms with E-state index >= 15 is 0 Å². The van der Waals surface area contributed by atoms with E-state index in [0.717, 1.165) is 22.8 Å². The van der Waals surface area contributed by atoms with Crippen LogP contribution in [-0.2, 0) is 4.79 Å². The first-order valence-corrected chi connectivity index (χ1v) is 7.16. The molecule has 0 spiro atoms. The van der Waals surface area contributed by atoms with Gasteiger partial charge in [-0.3, -0.25) is 9.59 Å². The fourth-order valence-corrected chi connectivity index (χ4v) is 1.92. The highest BCUT2D eigenvalue weighted by Crippen LogP contribution is 2.02. The average molecular weight is 363 g/mol. The van der Waals surface area contributed by atoms with Gasteiger partial charge in [0.2, 0.25) is 5.91 Å². The third-order valence-electron chi connectivity index (χ3n) is 2.62. The van der Waals surface area contributed by atoms with E-state index in [0.29, 0.717) is 6.54 Å². The molecule has 0 aliphatic rings. The van der Waals surface area contributed by atoms with Crippen LogP contribution in [0.2, 0.25) is 0 Å². The Balaban J connectivity index is 2.60. The summed E-state index contributed by atoms with van der Waals surface area (Å²) in [7, 11) is 0. The van der Waals surface area contributed by atoms with Crippen LogP contribution in [0.5, 0.6) is 0 Å². The summed E-state index contributed by atoms with van der Waals surface area (Å²) in [5.41, 5.74) is -0.252. The van der Waals surface area contributed by atoms with Crippen molar-refractivity contribution in [3.05, 3.63) is 26.2 Å². The molecule has 1 aromatic heterocycles. The molecule has 0 saturated carbocycles. The van der Waals surface area contributed by atoms with Crippen molar-refractivity contribution in [1.29, 1.82) is 0 Å². The van der Waals surface area contributed by atoms with Gasteiger partial charge >= 0.3 is 0 Å². The number of rotatable bonds is 6. The van der Waals surface area contributed by atoms with Crippen molar-refractivity contribution in [2.75, 3.05) is 6.54 Å². The lowest BCUT2D eigenvalue weighted by molar-refractivity contribution is -0.124. The summed E-state index contributed by atoms with van der Waals surface area (Å²) in [5, 5.41) is 6.80. The Morgan fingerprint density at radius 3 is 2.89 bits per heavy atom. The molecule has 0 radical (unpaired) electrons. The molecule has 100 valence electrons. The molecule has 1 rings (SSSR count). The predicted molar refractivity (Wildman–Crippen MR) is 78.5 cm³/mol. The number of nitrogens with zero attached hydrogens (tertiary/aromatic N) is 2. The molecular weight excluding hydrogens is 345 g/mol. The van der Waals surface area contributed by atoms with Crippen LogP contribution < -0.4 is 10.9 Å². The van der Waals surface area contributed by atoms with Crippen molar-refractivity contribution >= 4 is 28.5 Å². The second-order valence-corrected chi connectivity index (χ2v) is 5.38. The largest absolute Gasteiger partial charge is 0.354 e. The van der Waals surface area contributed by atoms with E-state index in [4.69, 9.17) is 0 Å². The fraction of sp³-hybridized carbons (Fsp3) is 0.583. The second-order valence-electron chi connectivity index (χ2n) is 4.13. The Morgan fingerprint density at radius 2 is 2.28 bits per heavy atom. The smallest absolute Gasteiger partial charge is 0.268 e. The highest BCUT2D eigenvalue weighted by molar-refractivity contribution is 14.1.